The predicted molar refractivity (Wildman–Crippen MR) is 81.6 cm³/mol. The summed E-state index contributed by atoms with van der Waals surface area (Å²) < 4.78 is 0. The second-order valence-electron chi connectivity index (χ2n) is 5.83. The fraction of sp³-hybridized carbons (Fsp3) is 1.00. The molecule has 1 saturated heterocycles. The molecular formula is C15H33N3O. The van der Waals surface area contributed by atoms with E-state index in [4.69, 9.17) is 0 Å². The molecule has 1 unspecified atom stereocenters. The standard InChI is InChI=1S/C15H33N3O/c1-4-8-17-10-12-18(13-11-17)9-6-7-15(5-2,14-19)16-3/h16,19H,4-14H2,1-3H3. The first kappa shape index (κ1) is 16.9. The number of rotatable bonds is 9. The van der Waals surface area contributed by atoms with E-state index >= 15 is 0 Å². The van der Waals surface area contributed by atoms with E-state index in [0.717, 1.165) is 12.8 Å². The van der Waals surface area contributed by atoms with Gasteiger partial charge in [0, 0.05) is 31.7 Å². The molecule has 4 heteroatoms. The summed E-state index contributed by atoms with van der Waals surface area (Å²) in [5.41, 5.74) is -0.0654. The molecule has 0 amide bonds. The van der Waals surface area contributed by atoms with Crippen LogP contribution in [0.3, 0.4) is 0 Å². The van der Waals surface area contributed by atoms with Crippen molar-refractivity contribution >= 4 is 0 Å². The predicted octanol–water partition coefficient (Wildman–Crippen LogP) is 1.15. The molecule has 0 spiro atoms. The van der Waals surface area contributed by atoms with E-state index in [1.54, 1.807) is 0 Å². The minimum absolute atomic E-state index is 0.0654. The number of likely N-dealkylation sites (N-methyl/N-ethyl adjacent to an activating group) is 1. The first-order valence-electron chi connectivity index (χ1n) is 7.94. The van der Waals surface area contributed by atoms with Crippen LogP contribution in [0.2, 0.25) is 0 Å². The summed E-state index contributed by atoms with van der Waals surface area (Å²) in [7, 11) is 1.96. The average molecular weight is 271 g/mol. The van der Waals surface area contributed by atoms with Crippen molar-refractivity contribution in [2.75, 3.05) is 52.9 Å². The van der Waals surface area contributed by atoms with E-state index in [0.29, 0.717) is 0 Å². The maximum Gasteiger partial charge on any atom is 0.0613 e. The zero-order valence-corrected chi connectivity index (χ0v) is 13.1. The maximum absolute atomic E-state index is 9.52. The Balaban J connectivity index is 2.20. The summed E-state index contributed by atoms with van der Waals surface area (Å²) in [6, 6.07) is 0. The fourth-order valence-corrected chi connectivity index (χ4v) is 2.94. The minimum atomic E-state index is -0.0654. The Labute approximate surface area is 119 Å². The number of nitrogens with zero attached hydrogens (tertiary/aromatic N) is 2. The van der Waals surface area contributed by atoms with E-state index in [9.17, 15) is 5.11 Å². The summed E-state index contributed by atoms with van der Waals surface area (Å²) in [4.78, 5) is 5.13. The third-order valence-corrected chi connectivity index (χ3v) is 4.64. The van der Waals surface area contributed by atoms with E-state index in [1.807, 2.05) is 7.05 Å². The Bertz CT molecular complexity index is 215. The molecule has 0 aromatic rings. The van der Waals surface area contributed by atoms with E-state index in [-0.39, 0.29) is 12.1 Å². The van der Waals surface area contributed by atoms with Gasteiger partial charge in [0.15, 0.2) is 0 Å². The summed E-state index contributed by atoms with van der Waals surface area (Å²) in [6.07, 6.45) is 4.48. The number of piperazine rings is 1. The molecule has 114 valence electrons. The van der Waals surface area contributed by atoms with Crippen molar-refractivity contribution in [2.24, 2.45) is 0 Å². The Morgan fingerprint density at radius 2 is 1.63 bits per heavy atom. The van der Waals surface area contributed by atoms with Crippen molar-refractivity contribution in [3.63, 3.8) is 0 Å². The van der Waals surface area contributed by atoms with Crippen LogP contribution in [-0.2, 0) is 0 Å². The lowest BCUT2D eigenvalue weighted by molar-refractivity contribution is 0.117. The van der Waals surface area contributed by atoms with Crippen LogP contribution >= 0.6 is 0 Å². The highest BCUT2D eigenvalue weighted by molar-refractivity contribution is 4.85. The van der Waals surface area contributed by atoms with Gasteiger partial charge in [0.1, 0.15) is 0 Å². The van der Waals surface area contributed by atoms with E-state index < -0.39 is 0 Å². The highest BCUT2D eigenvalue weighted by atomic mass is 16.3. The summed E-state index contributed by atoms with van der Waals surface area (Å²) in [5, 5.41) is 12.8. The Hall–Kier alpha value is -0.160. The number of hydrogen-bond acceptors (Lipinski definition) is 4. The second kappa shape index (κ2) is 8.90. The van der Waals surface area contributed by atoms with Crippen LogP contribution < -0.4 is 5.32 Å². The molecule has 1 fully saturated rings. The molecule has 0 aromatic heterocycles. The minimum Gasteiger partial charge on any atom is -0.394 e. The molecule has 0 saturated carbocycles. The smallest absolute Gasteiger partial charge is 0.0613 e. The lowest BCUT2D eigenvalue weighted by atomic mass is 9.91. The Kier molecular flexibility index (Phi) is 7.91. The molecule has 0 aliphatic carbocycles. The zero-order valence-electron chi connectivity index (χ0n) is 13.1. The number of nitrogens with one attached hydrogen (secondary N) is 1. The molecule has 0 radical (unpaired) electrons. The van der Waals surface area contributed by atoms with Gasteiger partial charge in [-0.2, -0.15) is 0 Å². The molecular weight excluding hydrogens is 238 g/mol. The van der Waals surface area contributed by atoms with Crippen LogP contribution in [0, 0.1) is 0 Å². The Morgan fingerprint density at radius 3 is 2.05 bits per heavy atom. The maximum atomic E-state index is 9.52. The van der Waals surface area contributed by atoms with Crippen LogP contribution in [0.4, 0.5) is 0 Å². The van der Waals surface area contributed by atoms with Gasteiger partial charge in [-0.05, 0) is 45.8 Å². The first-order chi connectivity index (χ1) is 9.19. The normalized spacial score (nSPS) is 21.5. The van der Waals surface area contributed by atoms with Crippen molar-refractivity contribution < 1.29 is 5.11 Å². The van der Waals surface area contributed by atoms with Gasteiger partial charge in [-0.1, -0.05) is 13.8 Å². The van der Waals surface area contributed by atoms with Crippen LogP contribution in [0.25, 0.3) is 0 Å². The summed E-state index contributed by atoms with van der Waals surface area (Å²) in [5.74, 6) is 0. The molecule has 1 heterocycles. The monoisotopic (exact) mass is 271 g/mol. The lowest BCUT2D eigenvalue weighted by Crippen LogP contribution is -2.48. The van der Waals surface area contributed by atoms with Crippen molar-refractivity contribution in [1.29, 1.82) is 0 Å². The number of aliphatic hydroxyl groups excluding tert-OH is 1. The SMILES string of the molecule is CCCN1CCN(CCCC(CC)(CO)NC)CC1. The molecule has 2 N–H and O–H groups in total. The molecule has 1 atom stereocenters. The van der Waals surface area contributed by atoms with Gasteiger partial charge < -0.3 is 20.2 Å². The molecule has 1 rings (SSSR count). The van der Waals surface area contributed by atoms with Gasteiger partial charge in [-0.25, -0.2) is 0 Å². The van der Waals surface area contributed by atoms with Crippen LogP contribution in [0.1, 0.15) is 39.5 Å². The van der Waals surface area contributed by atoms with Crippen LogP contribution in [0.15, 0.2) is 0 Å². The topological polar surface area (TPSA) is 38.7 Å². The highest BCUT2D eigenvalue weighted by Gasteiger charge is 2.25. The third-order valence-electron chi connectivity index (χ3n) is 4.64. The Morgan fingerprint density at radius 1 is 1.05 bits per heavy atom. The van der Waals surface area contributed by atoms with Gasteiger partial charge in [0.2, 0.25) is 0 Å². The third kappa shape index (κ3) is 5.38. The molecule has 0 aromatic carbocycles. The average Bonchev–Trinajstić information content (AvgIpc) is 2.46. The fourth-order valence-electron chi connectivity index (χ4n) is 2.94. The van der Waals surface area contributed by atoms with Gasteiger partial charge in [-0.3, -0.25) is 0 Å². The van der Waals surface area contributed by atoms with Gasteiger partial charge >= 0.3 is 0 Å². The lowest BCUT2D eigenvalue weighted by Gasteiger charge is -2.36. The molecule has 19 heavy (non-hydrogen) atoms. The van der Waals surface area contributed by atoms with Crippen molar-refractivity contribution in [2.45, 2.75) is 45.1 Å². The van der Waals surface area contributed by atoms with Gasteiger partial charge in [-0.15, -0.1) is 0 Å². The van der Waals surface area contributed by atoms with Crippen molar-refractivity contribution in [3.05, 3.63) is 0 Å². The second-order valence-corrected chi connectivity index (χ2v) is 5.83. The summed E-state index contributed by atoms with van der Waals surface area (Å²) >= 11 is 0. The zero-order chi connectivity index (χ0) is 14.1. The quantitative estimate of drug-likeness (QED) is 0.660. The molecule has 4 nitrogen and oxygen atoms in total. The highest BCUT2D eigenvalue weighted by Crippen LogP contribution is 2.17. The van der Waals surface area contributed by atoms with Crippen molar-refractivity contribution in [3.8, 4) is 0 Å². The van der Waals surface area contributed by atoms with Crippen molar-refractivity contribution in [1.82, 2.24) is 15.1 Å². The van der Waals surface area contributed by atoms with Gasteiger partial charge in [0.05, 0.1) is 6.61 Å². The number of aliphatic hydroxyl groups is 1. The molecule has 0 bridgehead atoms. The summed E-state index contributed by atoms with van der Waals surface area (Å²) in [6.45, 7) is 11.9. The number of hydrogen-bond donors (Lipinski definition) is 2. The van der Waals surface area contributed by atoms with E-state index in [2.05, 4.69) is 29.0 Å². The van der Waals surface area contributed by atoms with Crippen LogP contribution in [0.5, 0.6) is 0 Å². The first-order valence-corrected chi connectivity index (χ1v) is 7.94. The van der Waals surface area contributed by atoms with Gasteiger partial charge in [0.25, 0.3) is 0 Å². The van der Waals surface area contributed by atoms with E-state index in [1.165, 1.54) is 52.1 Å². The van der Waals surface area contributed by atoms with Crippen LogP contribution in [-0.4, -0.2) is 73.4 Å². The molecule has 1 aliphatic rings. The molecule has 1 aliphatic heterocycles. The largest absolute Gasteiger partial charge is 0.394 e.